The average molecular weight is 795 g/mol. The molecule has 45 heavy (non-hydrogen) atoms. The van der Waals surface area contributed by atoms with Gasteiger partial charge in [-0.2, -0.15) is 0 Å². The lowest BCUT2D eigenvalue weighted by molar-refractivity contribution is 0.103. The number of benzene rings is 4. The molecule has 0 aliphatic heterocycles. The number of ether oxygens (including phenoxy) is 3. The summed E-state index contributed by atoms with van der Waals surface area (Å²) in [4.78, 5) is 41.6. The first-order chi connectivity index (χ1) is 21.7. The summed E-state index contributed by atoms with van der Waals surface area (Å²) in [6, 6.07) is 22.1. The minimum atomic E-state index is -0.536. The van der Waals surface area contributed by atoms with E-state index in [1.54, 1.807) is 18.2 Å². The van der Waals surface area contributed by atoms with E-state index in [9.17, 15) is 14.4 Å². The first kappa shape index (κ1) is 33.8. The molecule has 0 spiro atoms. The van der Waals surface area contributed by atoms with Crippen LogP contribution in [0.1, 0.15) is 47.8 Å². The van der Waals surface area contributed by atoms with E-state index in [4.69, 9.17) is 14.2 Å². The van der Waals surface area contributed by atoms with Gasteiger partial charge >= 0.3 is 0 Å². The number of halogens is 3. The van der Waals surface area contributed by atoms with Gasteiger partial charge in [0.15, 0.2) is 17.3 Å². The smallest absolute Gasteiger partial charge is 0.193 e. The topological polar surface area (TPSA) is 78.9 Å². The van der Waals surface area contributed by atoms with Crippen LogP contribution in [0.3, 0.4) is 0 Å². The van der Waals surface area contributed by atoms with Crippen molar-refractivity contribution in [3.05, 3.63) is 138 Å². The quantitative estimate of drug-likeness (QED) is 0.105. The normalized spacial score (nSPS) is 11.3. The van der Waals surface area contributed by atoms with Crippen LogP contribution in [-0.4, -0.2) is 38.7 Å². The minimum Gasteiger partial charge on any atom is -0.495 e. The molecule has 0 aliphatic carbocycles. The SMILES string of the molecule is COc1c(C(=O)/C=C/c2ccc(Br)cc2)c(OC)c(C(=O)/C=C/c2ccc(Br)cc2)c(OC)c1C(=O)/C=C/c1ccc(Br)cc1. The maximum absolute atomic E-state index is 13.9. The summed E-state index contributed by atoms with van der Waals surface area (Å²) in [5, 5.41) is 0. The molecule has 0 amide bonds. The van der Waals surface area contributed by atoms with Crippen LogP contribution in [0.25, 0.3) is 18.2 Å². The fourth-order valence-electron chi connectivity index (χ4n) is 4.46. The molecular formula is C36H27Br3O6. The third-order valence-corrected chi connectivity index (χ3v) is 8.19. The molecule has 0 heterocycles. The number of ketones is 3. The molecule has 9 heteroatoms. The van der Waals surface area contributed by atoms with Crippen molar-refractivity contribution in [2.24, 2.45) is 0 Å². The fraction of sp³-hybridized carbons (Fsp3) is 0.0833. The van der Waals surface area contributed by atoms with Crippen molar-refractivity contribution in [3.63, 3.8) is 0 Å². The largest absolute Gasteiger partial charge is 0.495 e. The maximum atomic E-state index is 13.9. The van der Waals surface area contributed by atoms with Gasteiger partial charge in [-0.05, 0) is 71.3 Å². The summed E-state index contributed by atoms with van der Waals surface area (Å²) in [6.45, 7) is 0. The number of carbonyl (C=O) groups is 3. The second kappa shape index (κ2) is 15.8. The van der Waals surface area contributed by atoms with Crippen LogP contribution in [0.4, 0.5) is 0 Å². The zero-order valence-corrected chi connectivity index (χ0v) is 29.2. The third-order valence-electron chi connectivity index (χ3n) is 6.61. The van der Waals surface area contributed by atoms with Crippen LogP contribution < -0.4 is 14.2 Å². The highest BCUT2D eigenvalue weighted by Gasteiger charge is 2.34. The number of allylic oxidation sites excluding steroid dienone is 3. The fourth-order valence-corrected chi connectivity index (χ4v) is 5.25. The highest BCUT2D eigenvalue weighted by atomic mass is 79.9. The van der Waals surface area contributed by atoms with Crippen molar-refractivity contribution in [1.82, 2.24) is 0 Å². The van der Waals surface area contributed by atoms with Gasteiger partial charge in [0.25, 0.3) is 0 Å². The zero-order valence-electron chi connectivity index (χ0n) is 24.5. The van der Waals surface area contributed by atoms with E-state index in [2.05, 4.69) is 47.8 Å². The number of methoxy groups -OCH3 is 3. The summed E-state index contributed by atoms with van der Waals surface area (Å²) >= 11 is 10.2. The van der Waals surface area contributed by atoms with E-state index in [1.807, 2.05) is 72.8 Å². The van der Waals surface area contributed by atoms with Crippen LogP contribution in [0.2, 0.25) is 0 Å². The van der Waals surface area contributed by atoms with Crippen LogP contribution in [0.5, 0.6) is 17.2 Å². The standard InChI is InChI=1S/C36H27Br3O6/c1-43-34-31(28(40)19-10-22-4-13-25(37)14-5-22)35(44-2)33(30(42)21-12-24-8-17-27(39)18-9-24)36(45-3)32(34)29(41)20-11-23-6-15-26(38)16-7-23/h4-21H,1-3H3/b19-10+,20-11+,21-12+. The highest BCUT2D eigenvalue weighted by Crippen LogP contribution is 2.45. The Morgan fingerprint density at radius 1 is 0.444 bits per heavy atom. The van der Waals surface area contributed by atoms with Crippen molar-refractivity contribution in [1.29, 1.82) is 0 Å². The Labute approximate surface area is 286 Å². The number of hydrogen-bond donors (Lipinski definition) is 0. The molecule has 228 valence electrons. The first-order valence-electron chi connectivity index (χ1n) is 13.5. The Bertz CT molecular complexity index is 1570. The molecule has 0 unspecified atom stereocenters. The molecule has 0 atom stereocenters. The summed E-state index contributed by atoms with van der Waals surface area (Å²) in [5.74, 6) is -1.84. The molecule has 0 saturated heterocycles. The first-order valence-corrected chi connectivity index (χ1v) is 15.8. The van der Waals surface area contributed by atoms with Gasteiger partial charge < -0.3 is 14.2 Å². The molecule has 0 aliphatic rings. The Kier molecular flexibility index (Phi) is 11.9. The highest BCUT2D eigenvalue weighted by molar-refractivity contribution is 9.11. The van der Waals surface area contributed by atoms with Gasteiger partial charge in [0.1, 0.15) is 33.9 Å². The molecule has 4 aromatic rings. The molecule has 0 bridgehead atoms. The van der Waals surface area contributed by atoms with Crippen molar-refractivity contribution in [2.45, 2.75) is 0 Å². The molecule has 4 aromatic carbocycles. The molecular weight excluding hydrogens is 768 g/mol. The van der Waals surface area contributed by atoms with E-state index in [0.29, 0.717) is 0 Å². The van der Waals surface area contributed by atoms with Crippen LogP contribution in [0, 0.1) is 0 Å². The lowest BCUT2D eigenvalue weighted by atomic mass is 9.92. The molecule has 0 radical (unpaired) electrons. The van der Waals surface area contributed by atoms with Gasteiger partial charge in [0.05, 0.1) is 21.3 Å². The van der Waals surface area contributed by atoms with E-state index in [0.717, 1.165) is 30.1 Å². The average Bonchev–Trinajstić information content (AvgIpc) is 3.05. The molecule has 0 aromatic heterocycles. The van der Waals surface area contributed by atoms with Crippen molar-refractivity contribution >= 4 is 83.4 Å². The Balaban J connectivity index is 1.92. The van der Waals surface area contributed by atoms with Crippen molar-refractivity contribution in [3.8, 4) is 17.2 Å². The second-order valence-corrected chi connectivity index (χ2v) is 12.2. The third kappa shape index (κ3) is 8.36. The summed E-state index contributed by atoms with van der Waals surface area (Å²) in [6.07, 6.45) is 8.90. The van der Waals surface area contributed by atoms with Crippen molar-refractivity contribution in [2.75, 3.05) is 21.3 Å². The minimum absolute atomic E-state index is 0.0759. The summed E-state index contributed by atoms with van der Waals surface area (Å²) in [7, 11) is 4.02. The van der Waals surface area contributed by atoms with Gasteiger partial charge in [0, 0.05) is 13.4 Å². The molecule has 0 saturated carbocycles. The lowest BCUT2D eigenvalue weighted by Gasteiger charge is -2.21. The number of carbonyl (C=O) groups excluding carboxylic acids is 3. The summed E-state index contributed by atoms with van der Waals surface area (Å²) < 4.78 is 19.8. The maximum Gasteiger partial charge on any atom is 0.193 e. The predicted octanol–water partition coefficient (Wildman–Crippen LogP) is 9.69. The molecule has 6 nitrogen and oxygen atoms in total. The van der Waals surface area contributed by atoms with Gasteiger partial charge in [-0.3, -0.25) is 14.4 Å². The van der Waals surface area contributed by atoms with E-state index in [-0.39, 0.29) is 33.9 Å². The number of rotatable bonds is 12. The second-order valence-electron chi connectivity index (χ2n) is 9.47. The molecule has 0 fully saturated rings. The Hall–Kier alpha value is -4.05. The molecule has 4 rings (SSSR count). The van der Waals surface area contributed by atoms with E-state index >= 15 is 0 Å². The number of hydrogen-bond acceptors (Lipinski definition) is 6. The van der Waals surface area contributed by atoms with Crippen molar-refractivity contribution < 1.29 is 28.6 Å². The van der Waals surface area contributed by atoms with Crippen LogP contribution in [-0.2, 0) is 0 Å². The van der Waals surface area contributed by atoms with E-state index in [1.165, 1.54) is 39.6 Å². The Morgan fingerprint density at radius 2 is 0.667 bits per heavy atom. The predicted molar refractivity (Wildman–Crippen MR) is 189 cm³/mol. The van der Waals surface area contributed by atoms with Crippen LogP contribution in [0.15, 0.2) is 104 Å². The Morgan fingerprint density at radius 3 is 0.867 bits per heavy atom. The van der Waals surface area contributed by atoms with Gasteiger partial charge in [0.2, 0.25) is 0 Å². The van der Waals surface area contributed by atoms with E-state index < -0.39 is 17.3 Å². The molecule has 0 N–H and O–H groups in total. The summed E-state index contributed by atoms with van der Waals surface area (Å²) in [5.41, 5.74) is 2.03. The van der Waals surface area contributed by atoms with Gasteiger partial charge in [-0.1, -0.05) is 102 Å². The van der Waals surface area contributed by atoms with Gasteiger partial charge in [-0.15, -0.1) is 0 Å². The zero-order chi connectivity index (χ0) is 32.5. The van der Waals surface area contributed by atoms with Gasteiger partial charge in [-0.25, -0.2) is 0 Å². The lowest BCUT2D eigenvalue weighted by Crippen LogP contribution is -2.15. The monoisotopic (exact) mass is 792 g/mol. The van der Waals surface area contributed by atoms with Crippen LogP contribution >= 0.6 is 47.8 Å².